The van der Waals surface area contributed by atoms with E-state index in [2.05, 4.69) is 12.1 Å². The third-order valence-electron chi connectivity index (χ3n) is 4.50. The lowest BCUT2D eigenvalue weighted by atomic mass is 10.00. The zero-order valence-electron chi connectivity index (χ0n) is 11.6. The molecule has 0 aromatic heterocycles. The quantitative estimate of drug-likeness (QED) is 0.866. The summed E-state index contributed by atoms with van der Waals surface area (Å²) in [5, 5.41) is 9.88. The van der Waals surface area contributed by atoms with Crippen LogP contribution in [0.4, 0.5) is 0 Å². The largest absolute Gasteiger partial charge is 0.393 e. The Kier molecular flexibility index (Phi) is 4.32. The molecular formula is C16H21NO2S. The predicted octanol–water partition coefficient (Wildman–Crippen LogP) is 2.40. The number of fused-ring (bicyclic) bond motifs is 1. The Morgan fingerprint density at radius 1 is 1.25 bits per heavy atom. The van der Waals surface area contributed by atoms with Crippen molar-refractivity contribution < 1.29 is 9.90 Å². The lowest BCUT2D eigenvalue weighted by Gasteiger charge is -2.18. The van der Waals surface area contributed by atoms with Gasteiger partial charge in [0.2, 0.25) is 5.91 Å². The average Bonchev–Trinajstić information content (AvgIpc) is 3.03. The van der Waals surface area contributed by atoms with Crippen LogP contribution in [-0.4, -0.2) is 40.9 Å². The number of nitrogens with zero attached hydrogens (tertiary/aromatic N) is 1. The van der Waals surface area contributed by atoms with E-state index in [1.54, 1.807) is 11.8 Å². The molecule has 1 N–H and O–H groups in total. The maximum atomic E-state index is 12.2. The summed E-state index contributed by atoms with van der Waals surface area (Å²) in [5.41, 5.74) is 0. The van der Waals surface area contributed by atoms with E-state index in [4.69, 9.17) is 0 Å². The van der Waals surface area contributed by atoms with Crippen molar-refractivity contribution in [3.63, 3.8) is 0 Å². The van der Waals surface area contributed by atoms with E-state index < -0.39 is 0 Å². The second-order valence-electron chi connectivity index (χ2n) is 5.78. The van der Waals surface area contributed by atoms with Crippen molar-refractivity contribution in [1.82, 2.24) is 4.90 Å². The van der Waals surface area contributed by atoms with Crippen molar-refractivity contribution in [2.75, 3.05) is 18.8 Å². The number of carbonyl (C=O) groups is 1. The molecule has 2 aliphatic rings. The van der Waals surface area contributed by atoms with Crippen molar-refractivity contribution in [2.24, 2.45) is 11.8 Å². The lowest BCUT2D eigenvalue weighted by molar-refractivity contribution is -0.130. The van der Waals surface area contributed by atoms with Crippen molar-refractivity contribution in [3.8, 4) is 0 Å². The molecule has 20 heavy (non-hydrogen) atoms. The molecule has 1 heterocycles. The average molecular weight is 291 g/mol. The minimum absolute atomic E-state index is 0.184. The monoisotopic (exact) mass is 291 g/mol. The normalized spacial score (nSPS) is 28.6. The van der Waals surface area contributed by atoms with E-state index in [1.165, 1.54) is 4.90 Å². The number of benzene rings is 1. The summed E-state index contributed by atoms with van der Waals surface area (Å²) in [4.78, 5) is 15.4. The standard InChI is InChI=1S/C16H21NO2S/c18-15-7-6-12-10-17(11-14(12)15)16(19)8-9-20-13-4-2-1-3-5-13/h1-5,12,14-15,18H,6-11H2. The molecule has 1 aromatic rings. The van der Waals surface area contributed by atoms with Crippen LogP contribution in [0, 0.1) is 11.8 Å². The number of hydrogen-bond acceptors (Lipinski definition) is 3. The summed E-state index contributed by atoms with van der Waals surface area (Å²) in [7, 11) is 0. The fourth-order valence-electron chi connectivity index (χ4n) is 3.37. The summed E-state index contributed by atoms with van der Waals surface area (Å²) in [5.74, 6) is 1.95. The highest BCUT2D eigenvalue weighted by Crippen LogP contribution is 2.38. The van der Waals surface area contributed by atoms with E-state index in [0.717, 1.165) is 31.7 Å². The first-order valence-corrected chi connectivity index (χ1v) is 8.36. The molecule has 0 spiro atoms. The molecule has 0 bridgehead atoms. The van der Waals surface area contributed by atoms with Gasteiger partial charge in [-0.2, -0.15) is 0 Å². The van der Waals surface area contributed by atoms with Gasteiger partial charge >= 0.3 is 0 Å². The maximum absolute atomic E-state index is 12.2. The van der Waals surface area contributed by atoms with E-state index in [1.807, 2.05) is 23.1 Å². The minimum atomic E-state index is -0.184. The Morgan fingerprint density at radius 2 is 2.05 bits per heavy atom. The molecular weight excluding hydrogens is 270 g/mol. The molecule has 3 atom stereocenters. The van der Waals surface area contributed by atoms with E-state index in [-0.39, 0.29) is 12.0 Å². The molecule has 1 amide bonds. The van der Waals surface area contributed by atoms with Gasteiger partial charge in [0.15, 0.2) is 0 Å². The molecule has 1 aromatic carbocycles. The second kappa shape index (κ2) is 6.19. The van der Waals surface area contributed by atoms with Crippen molar-refractivity contribution in [3.05, 3.63) is 30.3 Å². The van der Waals surface area contributed by atoms with Crippen molar-refractivity contribution >= 4 is 17.7 Å². The molecule has 1 saturated heterocycles. The summed E-state index contributed by atoms with van der Waals surface area (Å²) < 4.78 is 0. The number of hydrogen-bond donors (Lipinski definition) is 1. The molecule has 108 valence electrons. The fraction of sp³-hybridized carbons (Fsp3) is 0.562. The molecule has 4 heteroatoms. The van der Waals surface area contributed by atoms with Crippen LogP contribution in [0.5, 0.6) is 0 Å². The van der Waals surface area contributed by atoms with Crippen LogP contribution in [0.25, 0.3) is 0 Å². The first kappa shape index (κ1) is 14.0. The molecule has 1 aliphatic carbocycles. The Hall–Kier alpha value is -1.00. The van der Waals surface area contributed by atoms with Gasteiger partial charge in [-0.1, -0.05) is 18.2 Å². The maximum Gasteiger partial charge on any atom is 0.223 e. The Labute approximate surface area is 124 Å². The van der Waals surface area contributed by atoms with Crippen LogP contribution in [0.1, 0.15) is 19.3 Å². The third-order valence-corrected chi connectivity index (χ3v) is 5.51. The van der Waals surface area contributed by atoms with Gasteiger partial charge in [0.05, 0.1) is 6.10 Å². The zero-order chi connectivity index (χ0) is 13.9. The van der Waals surface area contributed by atoms with Crippen molar-refractivity contribution in [1.29, 1.82) is 0 Å². The lowest BCUT2D eigenvalue weighted by Crippen LogP contribution is -2.31. The first-order chi connectivity index (χ1) is 9.74. The molecule has 0 radical (unpaired) electrons. The number of thioether (sulfide) groups is 1. The topological polar surface area (TPSA) is 40.5 Å². The smallest absolute Gasteiger partial charge is 0.223 e. The van der Waals surface area contributed by atoms with Crippen LogP contribution in [0.15, 0.2) is 35.2 Å². The second-order valence-corrected chi connectivity index (χ2v) is 6.95. The Bertz CT molecular complexity index is 465. The molecule has 1 saturated carbocycles. The summed E-state index contributed by atoms with van der Waals surface area (Å²) >= 11 is 1.73. The first-order valence-electron chi connectivity index (χ1n) is 7.38. The van der Waals surface area contributed by atoms with Crippen LogP contribution in [-0.2, 0) is 4.79 Å². The van der Waals surface area contributed by atoms with E-state index in [9.17, 15) is 9.90 Å². The van der Waals surface area contributed by atoms with Crippen LogP contribution in [0.2, 0.25) is 0 Å². The number of rotatable bonds is 4. The van der Waals surface area contributed by atoms with E-state index >= 15 is 0 Å². The van der Waals surface area contributed by atoms with Gasteiger partial charge in [-0.3, -0.25) is 4.79 Å². The van der Waals surface area contributed by atoms with Gasteiger partial charge in [0.1, 0.15) is 0 Å². The Balaban J connectivity index is 1.44. The molecule has 3 rings (SSSR count). The summed E-state index contributed by atoms with van der Waals surface area (Å²) in [6, 6.07) is 10.2. The highest BCUT2D eigenvalue weighted by molar-refractivity contribution is 7.99. The van der Waals surface area contributed by atoms with Gasteiger partial charge in [0, 0.05) is 36.1 Å². The number of likely N-dealkylation sites (tertiary alicyclic amines) is 1. The number of carbonyl (C=O) groups excluding carboxylic acids is 1. The summed E-state index contributed by atoms with van der Waals surface area (Å²) in [6.07, 6.45) is 2.40. The Morgan fingerprint density at radius 3 is 2.80 bits per heavy atom. The fourth-order valence-corrected chi connectivity index (χ4v) is 4.23. The summed E-state index contributed by atoms with van der Waals surface area (Å²) in [6.45, 7) is 1.62. The zero-order valence-corrected chi connectivity index (χ0v) is 12.4. The van der Waals surface area contributed by atoms with Gasteiger partial charge < -0.3 is 10.0 Å². The highest BCUT2D eigenvalue weighted by atomic mass is 32.2. The number of aliphatic hydroxyl groups excluding tert-OH is 1. The highest BCUT2D eigenvalue weighted by Gasteiger charge is 2.42. The van der Waals surface area contributed by atoms with Gasteiger partial charge in [0.25, 0.3) is 0 Å². The van der Waals surface area contributed by atoms with E-state index in [0.29, 0.717) is 18.3 Å². The molecule has 2 fully saturated rings. The van der Waals surface area contributed by atoms with Crippen molar-refractivity contribution in [2.45, 2.75) is 30.3 Å². The molecule has 1 aliphatic heterocycles. The van der Waals surface area contributed by atoms with Crippen LogP contribution in [0.3, 0.4) is 0 Å². The molecule has 3 unspecified atom stereocenters. The minimum Gasteiger partial charge on any atom is -0.393 e. The number of aliphatic hydroxyl groups is 1. The SMILES string of the molecule is O=C(CCSc1ccccc1)N1CC2CCC(O)C2C1. The predicted molar refractivity (Wildman–Crippen MR) is 80.6 cm³/mol. The van der Waals surface area contributed by atoms with Gasteiger partial charge in [-0.25, -0.2) is 0 Å². The third kappa shape index (κ3) is 3.01. The number of amides is 1. The van der Waals surface area contributed by atoms with Crippen LogP contribution >= 0.6 is 11.8 Å². The molecule has 3 nitrogen and oxygen atoms in total. The van der Waals surface area contributed by atoms with Crippen LogP contribution < -0.4 is 0 Å². The van der Waals surface area contributed by atoms with Gasteiger partial charge in [-0.15, -0.1) is 11.8 Å². The van der Waals surface area contributed by atoms with Gasteiger partial charge in [-0.05, 0) is 30.9 Å².